The molecule has 3 aromatic rings. The van der Waals surface area contributed by atoms with Crippen molar-refractivity contribution in [1.82, 2.24) is 19.4 Å². The Kier molecular flexibility index (Phi) is 7.32. The Morgan fingerprint density at radius 2 is 1.98 bits per heavy atom. The predicted octanol–water partition coefficient (Wildman–Crippen LogP) is 4.05. The summed E-state index contributed by atoms with van der Waals surface area (Å²) in [6.07, 6.45) is 0.981. The van der Waals surface area contributed by atoms with E-state index < -0.39 is 35.1 Å². The number of benzene rings is 2. The van der Waals surface area contributed by atoms with Gasteiger partial charge in [-0.3, -0.25) is 9.36 Å². The standard InChI is InChI=1S/C29H26ClF3N6O3/c1-16(31)28(40)38-10-9-37(14-18(38)5-6-34)27-21-12-22(30)24(20-4-3-17(32)11-23(20)33)26-25(21)39(29(41)35-27)19(15-42-26)13-36-7-2-8-36/h3-4,11-12,18-19H,1-2,5,7-10,13-15H2/t18-,19?/m0/s1. The van der Waals surface area contributed by atoms with Gasteiger partial charge in [0.05, 0.1) is 35.1 Å². The number of amides is 1. The van der Waals surface area contributed by atoms with E-state index >= 15 is 4.39 Å². The second-order valence-electron chi connectivity index (χ2n) is 10.7. The van der Waals surface area contributed by atoms with Crippen LogP contribution in [-0.4, -0.2) is 77.2 Å². The number of piperazine rings is 1. The van der Waals surface area contributed by atoms with Crippen molar-refractivity contribution in [2.45, 2.75) is 24.9 Å². The molecule has 0 aliphatic carbocycles. The number of nitriles is 1. The van der Waals surface area contributed by atoms with Crippen molar-refractivity contribution in [2.24, 2.45) is 0 Å². The van der Waals surface area contributed by atoms with Crippen LogP contribution in [0.5, 0.6) is 5.75 Å². The van der Waals surface area contributed by atoms with Crippen LogP contribution in [0.1, 0.15) is 18.9 Å². The zero-order valence-corrected chi connectivity index (χ0v) is 23.2. The van der Waals surface area contributed by atoms with Crippen LogP contribution in [0.25, 0.3) is 22.0 Å². The highest BCUT2D eigenvalue weighted by Gasteiger charge is 2.36. The lowest BCUT2D eigenvalue weighted by molar-refractivity contribution is -0.131. The Bertz CT molecular complexity index is 1720. The minimum Gasteiger partial charge on any atom is -0.488 e. The van der Waals surface area contributed by atoms with Gasteiger partial charge in [0.2, 0.25) is 0 Å². The molecule has 0 radical (unpaired) electrons. The zero-order chi connectivity index (χ0) is 29.7. The van der Waals surface area contributed by atoms with Crippen molar-refractivity contribution in [2.75, 3.05) is 50.8 Å². The molecule has 1 unspecified atom stereocenters. The first-order chi connectivity index (χ1) is 20.2. The second kappa shape index (κ2) is 11.0. The fourth-order valence-corrected chi connectivity index (χ4v) is 6.29. The van der Waals surface area contributed by atoms with Gasteiger partial charge in [-0.1, -0.05) is 18.2 Å². The number of aromatic nitrogens is 2. The van der Waals surface area contributed by atoms with Crippen molar-refractivity contribution in [1.29, 1.82) is 5.26 Å². The first kappa shape index (κ1) is 28.1. The quantitative estimate of drug-likeness (QED) is 0.395. The van der Waals surface area contributed by atoms with Crippen LogP contribution in [0.15, 0.2) is 41.5 Å². The number of halogens is 4. The Hall–Kier alpha value is -4.08. The number of anilines is 1. The van der Waals surface area contributed by atoms with Gasteiger partial charge < -0.3 is 19.4 Å². The molecule has 3 aliphatic rings. The summed E-state index contributed by atoms with van der Waals surface area (Å²) in [4.78, 5) is 35.8. The maximum absolute atomic E-state index is 15.0. The van der Waals surface area contributed by atoms with Gasteiger partial charge in [-0.15, -0.1) is 0 Å². The summed E-state index contributed by atoms with van der Waals surface area (Å²) in [6, 6.07) is 5.69. The van der Waals surface area contributed by atoms with Crippen LogP contribution in [0.3, 0.4) is 0 Å². The summed E-state index contributed by atoms with van der Waals surface area (Å²) < 4.78 is 50.3. The van der Waals surface area contributed by atoms with Gasteiger partial charge in [-0.25, -0.2) is 18.0 Å². The van der Waals surface area contributed by atoms with Crippen LogP contribution in [0.4, 0.5) is 19.0 Å². The van der Waals surface area contributed by atoms with E-state index in [1.807, 2.05) is 6.07 Å². The summed E-state index contributed by atoms with van der Waals surface area (Å²) in [5, 5.41) is 9.96. The minimum atomic E-state index is -1.12. The molecule has 0 bridgehead atoms. The molecular formula is C29H26ClF3N6O3. The van der Waals surface area contributed by atoms with E-state index in [-0.39, 0.29) is 66.4 Å². The van der Waals surface area contributed by atoms with E-state index in [2.05, 4.69) is 16.5 Å². The van der Waals surface area contributed by atoms with Gasteiger partial charge in [-0.2, -0.15) is 10.2 Å². The number of hydrogen-bond acceptors (Lipinski definition) is 7. The first-order valence-corrected chi connectivity index (χ1v) is 13.9. The highest BCUT2D eigenvalue weighted by molar-refractivity contribution is 6.35. The molecule has 0 N–H and O–H groups in total. The van der Waals surface area contributed by atoms with Crippen molar-refractivity contribution >= 4 is 34.2 Å². The second-order valence-corrected chi connectivity index (χ2v) is 11.1. The third-order valence-corrected chi connectivity index (χ3v) is 8.40. The summed E-state index contributed by atoms with van der Waals surface area (Å²) in [6.45, 7) is 5.90. The first-order valence-electron chi connectivity index (χ1n) is 13.5. The number of carbonyl (C=O) groups excluding carboxylic acids is 1. The number of likely N-dealkylation sites (tertiary alicyclic amines) is 1. The molecule has 2 atom stereocenters. The maximum Gasteiger partial charge on any atom is 0.350 e. The smallest absolute Gasteiger partial charge is 0.350 e. The molecule has 6 rings (SSSR count). The molecule has 1 amide bonds. The average Bonchev–Trinajstić information content (AvgIpc) is 2.93. The molecule has 2 aromatic carbocycles. The van der Waals surface area contributed by atoms with Gasteiger partial charge in [0.15, 0.2) is 11.6 Å². The Labute approximate surface area is 243 Å². The number of nitrogens with zero attached hydrogens (tertiary/aromatic N) is 6. The summed E-state index contributed by atoms with van der Waals surface area (Å²) >= 11 is 6.76. The van der Waals surface area contributed by atoms with Gasteiger partial charge in [0.1, 0.15) is 24.1 Å². The Morgan fingerprint density at radius 3 is 2.64 bits per heavy atom. The van der Waals surface area contributed by atoms with Crippen molar-refractivity contribution < 1.29 is 22.7 Å². The fourth-order valence-electron chi connectivity index (χ4n) is 5.99. The van der Waals surface area contributed by atoms with Crippen molar-refractivity contribution in [3.63, 3.8) is 0 Å². The highest BCUT2D eigenvalue weighted by atomic mass is 35.5. The number of carbonyl (C=O) groups is 1. The molecule has 42 heavy (non-hydrogen) atoms. The van der Waals surface area contributed by atoms with Gasteiger partial charge in [0.25, 0.3) is 5.91 Å². The molecule has 218 valence electrons. The zero-order valence-electron chi connectivity index (χ0n) is 22.5. The number of ether oxygens (including phenoxy) is 1. The predicted molar refractivity (Wildman–Crippen MR) is 150 cm³/mol. The van der Waals surface area contributed by atoms with Gasteiger partial charge in [-0.05, 0) is 37.7 Å². The number of hydrogen-bond donors (Lipinski definition) is 0. The van der Waals surface area contributed by atoms with E-state index in [0.29, 0.717) is 17.4 Å². The summed E-state index contributed by atoms with van der Waals surface area (Å²) in [7, 11) is 0. The van der Waals surface area contributed by atoms with E-state index in [0.717, 1.165) is 31.6 Å². The largest absolute Gasteiger partial charge is 0.488 e. The van der Waals surface area contributed by atoms with Crippen molar-refractivity contribution in [3.8, 4) is 22.9 Å². The van der Waals surface area contributed by atoms with Gasteiger partial charge >= 0.3 is 5.69 Å². The highest BCUT2D eigenvalue weighted by Crippen LogP contribution is 2.47. The van der Waals surface area contributed by atoms with E-state index in [1.165, 1.54) is 11.0 Å². The van der Waals surface area contributed by atoms with Crippen LogP contribution in [-0.2, 0) is 4.79 Å². The monoisotopic (exact) mass is 598 g/mol. The SMILES string of the molecule is C=C(F)C(=O)N1CCN(c2nc(=O)n3c4c(c(-c5ccc(F)cc5F)c(Cl)cc24)OCC3CN2CCC2)C[C@@H]1CC#N. The van der Waals surface area contributed by atoms with E-state index in [4.69, 9.17) is 16.3 Å². The molecular weight excluding hydrogens is 573 g/mol. The molecule has 1 aromatic heterocycles. The molecule has 13 heteroatoms. The van der Waals surface area contributed by atoms with Crippen LogP contribution in [0, 0.1) is 23.0 Å². The van der Waals surface area contributed by atoms with Gasteiger partial charge in [0, 0.05) is 48.8 Å². The summed E-state index contributed by atoms with van der Waals surface area (Å²) in [5.74, 6) is -3.17. The topological polar surface area (TPSA) is 94.7 Å². The normalized spacial score (nSPS) is 20.2. The fraction of sp³-hybridized carbons (Fsp3) is 0.379. The van der Waals surface area contributed by atoms with Crippen molar-refractivity contribution in [3.05, 3.63) is 63.8 Å². The lowest BCUT2D eigenvalue weighted by atomic mass is 9.99. The van der Waals surface area contributed by atoms with Crippen LogP contribution in [0.2, 0.25) is 5.02 Å². The Morgan fingerprint density at radius 1 is 1.19 bits per heavy atom. The van der Waals surface area contributed by atoms with E-state index in [1.54, 1.807) is 15.5 Å². The lowest BCUT2D eigenvalue weighted by Crippen LogP contribution is -2.56. The molecule has 3 aliphatic heterocycles. The third-order valence-electron chi connectivity index (χ3n) is 8.10. The summed E-state index contributed by atoms with van der Waals surface area (Å²) in [5.41, 5.74) is 0.0309. The third kappa shape index (κ3) is 4.76. The average molecular weight is 599 g/mol. The Balaban J connectivity index is 1.52. The minimum absolute atomic E-state index is 0.0181. The lowest BCUT2D eigenvalue weighted by Gasteiger charge is -2.41. The van der Waals surface area contributed by atoms with Crippen LogP contribution >= 0.6 is 11.6 Å². The molecule has 2 saturated heterocycles. The van der Waals surface area contributed by atoms with E-state index in [9.17, 15) is 23.6 Å². The van der Waals surface area contributed by atoms with Crippen LogP contribution < -0.4 is 15.3 Å². The molecule has 0 saturated carbocycles. The molecule has 4 heterocycles. The molecule has 2 fully saturated rings. The maximum atomic E-state index is 15.0. The molecule has 9 nitrogen and oxygen atoms in total. The number of rotatable bonds is 6. The molecule has 0 spiro atoms.